The summed E-state index contributed by atoms with van der Waals surface area (Å²) in [6, 6.07) is 8.13. The predicted octanol–water partition coefficient (Wildman–Crippen LogP) is 3.81. The molecule has 0 saturated carbocycles. The second-order valence-electron chi connectivity index (χ2n) is 6.80. The molecule has 0 spiro atoms. The molecule has 5 heteroatoms. The summed E-state index contributed by atoms with van der Waals surface area (Å²) in [5.74, 6) is 0.121. The molecule has 1 saturated heterocycles. The molecule has 0 bridgehead atoms. The highest BCUT2D eigenvalue weighted by Crippen LogP contribution is 2.29. The van der Waals surface area contributed by atoms with E-state index in [2.05, 4.69) is 27.7 Å². The van der Waals surface area contributed by atoms with Gasteiger partial charge >= 0.3 is 0 Å². The van der Waals surface area contributed by atoms with Gasteiger partial charge in [0.2, 0.25) is 0 Å². The van der Waals surface area contributed by atoms with Crippen LogP contribution in [-0.2, 0) is 0 Å². The Kier molecular flexibility index (Phi) is 6.78. The van der Waals surface area contributed by atoms with Crippen molar-refractivity contribution in [2.45, 2.75) is 50.3 Å². The van der Waals surface area contributed by atoms with Crippen LogP contribution in [0.5, 0.6) is 0 Å². The fraction of sp³-hybridized carbons (Fsp3) is 0.588. The van der Waals surface area contributed by atoms with E-state index < -0.39 is 0 Å². The number of amides is 1. The molecule has 2 N–H and O–H groups in total. The SMILES string of the molecule is CC(C)Sc1ccc(C(=O)N2CCC(N)C(C)(C)C2)cc1.Cl. The second kappa shape index (κ2) is 7.71. The van der Waals surface area contributed by atoms with Gasteiger partial charge in [-0.1, -0.05) is 27.7 Å². The maximum Gasteiger partial charge on any atom is 0.253 e. The van der Waals surface area contributed by atoms with Crippen LogP contribution in [0.1, 0.15) is 44.5 Å². The van der Waals surface area contributed by atoms with E-state index >= 15 is 0 Å². The van der Waals surface area contributed by atoms with E-state index in [1.807, 2.05) is 40.9 Å². The number of carbonyl (C=O) groups is 1. The molecule has 124 valence electrons. The Balaban J connectivity index is 0.00000242. The van der Waals surface area contributed by atoms with Crippen molar-refractivity contribution in [1.29, 1.82) is 0 Å². The summed E-state index contributed by atoms with van der Waals surface area (Å²) < 4.78 is 0. The Morgan fingerprint density at radius 2 is 1.91 bits per heavy atom. The van der Waals surface area contributed by atoms with Gasteiger partial charge in [0.15, 0.2) is 0 Å². The lowest BCUT2D eigenvalue weighted by Gasteiger charge is -2.42. The first kappa shape index (κ1) is 19.3. The minimum atomic E-state index is -0.0126. The summed E-state index contributed by atoms with van der Waals surface area (Å²) in [5.41, 5.74) is 6.90. The highest BCUT2D eigenvalue weighted by molar-refractivity contribution is 7.99. The summed E-state index contributed by atoms with van der Waals surface area (Å²) in [6.07, 6.45) is 0.875. The lowest BCUT2D eigenvalue weighted by atomic mass is 9.79. The van der Waals surface area contributed by atoms with Crippen LogP contribution >= 0.6 is 24.2 Å². The Morgan fingerprint density at radius 3 is 2.41 bits per heavy atom. The molecule has 0 aromatic heterocycles. The number of likely N-dealkylation sites (tertiary alicyclic amines) is 1. The zero-order valence-corrected chi connectivity index (χ0v) is 15.5. The van der Waals surface area contributed by atoms with Crippen molar-refractivity contribution in [2.24, 2.45) is 11.1 Å². The first-order valence-corrected chi connectivity index (χ1v) is 8.49. The number of nitrogens with two attached hydrogens (primary N) is 1. The van der Waals surface area contributed by atoms with E-state index in [4.69, 9.17) is 5.73 Å². The first-order valence-electron chi connectivity index (χ1n) is 7.61. The highest BCUT2D eigenvalue weighted by Gasteiger charge is 2.35. The fourth-order valence-corrected chi connectivity index (χ4v) is 3.52. The largest absolute Gasteiger partial charge is 0.338 e. The Labute approximate surface area is 144 Å². The van der Waals surface area contributed by atoms with Crippen molar-refractivity contribution in [2.75, 3.05) is 13.1 Å². The third kappa shape index (κ3) is 4.64. The van der Waals surface area contributed by atoms with Crippen molar-refractivity contribution < 1.29 is 4.79 Å². The number of halogens is 1. The van der Waals surface area contributed by atoms with Crippen LogP contribution in [0.4, 0.5) is 0 Å². The van der Waals surface area contributed by atoms with Crippen molar-refractivity contribution in [1.82, 2.24) is 4.90 Å². The summed E-state index contributed by atoms with van der Waals surface area (Å²) >= 11 is 1.81. The van der Waals surface area contributed by atoms with Gasteiger partial charge in [0.25, 0.3) is 5.91 Å². The summed E-state index contributed by atoms with van der Waals surface area (Å²) in [5, 5.41) is 0.552. The smallest absolute Gasteiger partial charge is 0.253 e. The monoisotopic (exact) mass is 342 g/mol. The predicted molar refractivity (Wildman–Crippen MR) is 97.0 cm³/mol. The van der Waals surface area contributed by atoms with Gasteiger partial charge in [0.05, 0.1) is 0 Å². The lowest BCUT2D eigenvalue weighted by Crippen LogP contribution is -2.53. The molecule has 1 aliphatic rings. The summed E-state index contributed by atoms with van der Waals surface area (Å²) in [6.45, 7) is 10.1. The molecule has 1 aromatic rings. The van der Waals surface area contributed by atoms with Gasteiger partial charge in [0, 0.05) is 34.8 Å². The maximum atomic E-state index is 12.6. The lowest BCUT2D eigenvalue weighted by molar-refractivity contribution is 0.0533. The molecule has 1 aromatic carbocycles. The number of thioether (sulfide) groups is 1. The fourth-order valence-electron chi connectivity index (χ4n) is 2.68. The number of piperidine rings is 1. The van der Waals surface area contributed by atoms with E-state index in [1.54, 1.807) is 0 Å². The number of hydrogen-bond acceptors (Lipinski definition) is 3. The molecule has 22 heavy (non-hydrogen) atoms. The summed E-state index contributed by atoms with van der Waals surface area (Å²) in [4.78, 5) is 15.8. The van der Waals surface area contributed by atoms with Gasteiger partial charge in [-0.2, -0.15) is 0 Å². The average Bonchev–Trinajstić information content (AvgIpc) is 2.41. The maximum absolute atomic E-state index is 12.6. The molecule has 2 rings (SSSR count). The third-order valence-electron chi connectivity index (χ3n) is 4.07. The third-order valence-corrected chi connectivity index (χ3v) is 5.09. The van der Waals surface area contributed by atoms with Crippen LogP contribution in [0.15, 0.2) is 29.2 Å². The van der Waals surface area contributed by atoms with Gasteiger partial charge in [-0.15, -0.1) is 24.2 Å². The van der Waals surface area contributed by atoms with Crippen molar-refractivity contribution in [3.05, 3.63) is 29.8 Å². The van der Waals surface area contributed by atoms with Gasteiger partial charge in [-0.05, 0) is 36.1 Å². The molecule has 1 atom stereocenters. The Hall–Kier alpha value is -0.710. The molecule has 0 aliphatic carbocycles. The van der Waals surface area contributed by atoms with Crippen molar-refractivity contribution in [3.8, 4) is 0 Å². The molecule has 1 heterocycles. The van der Waals surface area contributed by atoms with Gasteiger partial charge < -0.3 is 10.6 Å². The molecule has 1 unspecified atom stereocenters. The van der Waals surface area contributed by atoms with Crippen LogP contribution < -0.4 is 5.73 Å². The van der Waals surface area contributed by atoms with Gasteiger partial charge in [0.1, 0.15) is 0 Å². The van der Waals surface area contributed by atoms with Crippen LogP contribution in [0.2, 0.25) is 0 Å². The molecule has 3 nitrogen and oxygen atoms in total. The standard InChI is InChI=1S/C17H26N2OS.ClH/c1-12(2)21-14-7-5-13(6-8-14)16(20)19-10-9-15(18)17(3,4)11-19;/h5-8,12,15H,9-11,18H2,1-4H3;1H. The minimum Gasteiger partial charge on any atom is -0.338 e. The van der Waals surface area contributed by atoms with Gasteiger partial charge in [-0.3, -0.25) is 4.79 Å². The van der Waals surface area contributed by atoms with Crippen LogP contribution in [-0.4, -0.2) is 35.2 Å². The topological polar surface area (TPSA) is 46.3 Å². The van der Waals surface area contributed by atoms with Crippen LogP contribution in [0.25, 0.3) is 0 Å². The zero-order chi connectivity index (χ0) is 15.6. The Morgan fingerprint density at radius 1 is 1.32 bits per heavy atom. The Bertz CT molecular complexity index is 502. The van der Waals surface area contributed by atoms with E-state index in [-0.39, 0.29) is 29.8 Å². The molecule has 1 amide bonds. The quantitative estimate of drug-likeness (QED) is 0.850. The van der Waals surface area contributed by atoms with E-state index in [0.717, 1.165) is 25.1 Å². The highest BCUT2D eigenvalue weighted by atomic mass is 35.5. The molecule has 0 radical (unpaired) electrons. The second-order valence-corrected chi connectivity index (χ2v) is 8.45. The van der Waals surface area contributed by atoms with E-state index in [9.17, 15) is 4.79 Å². The number of hydrogen-bond donors (Lipinski definition) is 1. The molecular formula is C17H27ClN2OS. The van der Waals surface area contributed by atoms with Gasteiger partial charge in [-0.25, -0.2) is 0 Å². The molecule has 1 aliphatic heterocycles. The first-order chi connectivity index (χ1) is 9.79. The average molecular weight is 343 g/mol. The van der Waals surface area contributed by atoms with Crippen LogP contribution in [0.3, 0.4) is 0 Å². The van der Waals surface area contributed by atoms with Crippen molar-refractivity contribution in [3.63, 3.8) is 0 Å². The summed E-state index contributed by atoms with van der Waals surface area (Å²) in [7, 11) is 0. The minimum absolute atomic E-state index is 0. The van der Waals surface area contributed by atoms with E-state index in [1.165, 1.54) is 4.90 Å². The van der Waals surface area contributed by atoms with E-state index in [0.29, 0.717) is 5.25 Å². The molecule has 1 fully saturated rings. The number of nitrogens with zero attached hydrogens (tertiary/aromatic N) is 1. The molecular weight excluding hydrogens is 316 g/mol. The number of carbonyl (C=O) groups excluding carboxylic acids is 1. The normalized spacial score (nSPS) is 20.6. The zero-order valence-electron chi connectivity index (χ0n) is 13.8. The van der Waals surface area contributed by atoms with Crippen molar-refractivity contribution >= 4 is 30.1 Å². The number of rotatable bonds is 3. The number of benzene rings is 1. The van der Waals surface area contributed by atoms with Crippen LogP contribution in [0, 0.1) is 5.41 Å².